The Hall–Kier alpha value is -0.240. The minimum atomic E-state index is -1.86. The van der Waals surface area contributed by atoms with Gasteiger partial charge in [-0.25, -0.2) is 15.4 Å². The van der Waals surface area contributed by atoms with Gasteiger partial charge < -0.3 is 0 Å². The van der Waals surface area contributed by atoms with E-state index in [1.807, 2.05) is 0 Å². The van der Waals surface area contributed by atoms with Gasteiger partial charge in [-0.05, 0) is 12.8 Å². The number of hydrogen-bond acceptors (Lipinski definition) is 6. The molecule has 0 aromatic carbocycles. The second-order valence-electron chi connectivity index (χ2n) is 2.23. The van der Waals surface area contributed by atoms with Crippen LogP contribution in [-0.2, 0) is 19.6 Å². The van der Waals surface area contributed by atoms with Gasteiger partial charge in [0.25, 0.3) is 0 Å². The summed E-state index contributed by atoms with van der Waals surface area (Å²) in [5.41, 5.74) is 0. The molecule has 0 aromatic heterocycles. The maximum atomic E-state index is 8.28. The fraction of sp³-hybridized carbons (Fsp3) is 1.00. The van der Waals surface area contributed by atoms with E-state index in [0.717, 1.165) is 6.42 Å². The topological polar surface area (TPSA) is 77.4 Å². The highest BCUT2D eigenvalue weighted by atomic mass is 17.4. The number of hydrogen-bond donors (Lipinski definition) is 2. The quantitative estimate of drug-likeness (QED) is 0.358. The molecule has 0 bridgehead atoms. The SMILES string of the molecule is OOC1(OO)CCCCOO1. The molecule has 0 unspecified atom stereocenters. The molecule has 0 saturated carbocycles. The van der Waals surface area contributed by atoms with Crippen molar-refractivity contribution in [1.29, 1.82) is 0 Å². The summed E-state index contributed by atoms with van der Waals surface area (Å²) in [6.07, 6.45) is 1.63. The lowest BCUT2D eigenvalue weighted by molar-refractivity contribution is -0.617. The van der Waals surface area contributed by atoms with Gasteiger partial charge in [0.1, 0.15) is 0 Å². The van der Waals surface area contributed by atoms with E-state index in [9.17, 15) is 0 Å². The predicted octanol–water partition coefficient (Wildman–Crippen LogP) is 0.752. The predicted molar refractivity (Wildman–Crippen MR) is 31.0 cm³/mol. The summed E-state index contributed by atoms with van der Waals surface area (Å²) in [6.45, 7) is 0.383. The normalized spacial score (nSPS) is 24.5. The van der Waals surface area contributed by atoms with Crippen molar-refractivity contribution in [2.45, 2.75) is 25.2 Å². The first-order chi connectivity index (χ1) is 5.33. The van der Waals surface area contributed by atoms with Gasteiger partial charge in [0.05, 0.1) is 6.61 Å². The van der Waals surface area contributed by atoms with E-state index in [1.54, 1.807) is 0 Å². The van der Waals surface area contributed by atoms with Gasteiger partial charge in [-0.3, -0.25) is 0 Å². The summed E-state index contributed by atoms with van der Waals surface area (Å²) in [7, 11) is 0. The summed E-state index contributed by atoms with van der Waals surface area (Å²) in [5.74, 6) is -1.86. The van der Waals surface area contributed by atoms with E-state index in [1.165, 1.54) is 0 Å². The van der Waals surface area contributed by atoms with E-state index in [0.29, 0.717) is 13.0 Å². The third kappa shape index (κ3) is 2.09. The van der Waals surface area contributed by atoms with Crippen molar-refractivity contribution in [2.24, 2.45) is 0 Å². The van der Waals surface area contributed by atoms with Crippen LogP contribution in [0.4, 0.5) is 0 Å². The van der Waals surface area contributed by atoms with Crippen molar-refractivity contribution >= 4 is 0 Å². The molecule has 0 spiro atoms. The molecule has 1 rings (SSSR count). The van der Waals surface area contributed by atoms with Crippen LogP contribution in [0.1, 0.15) is 19.3 Å². The first-order valence-electron chi connectivity index (χ1n) is 3.29. The van der Waals surface area contributed by atoms with Crippen LogP contribution >= 0.6 is 0 Å². The summed E-state index contributed by atoms with van der Waals surface area (Å²) < 4.78 is 0. The lowest BCUT2D eigenvalue weighted by Crippen LogP contribution is -2.36. The molecule has 1 fully saturated rings. The molecule has 6 heteroatoms. The minimum absolute atomic E-state index is 0.208. The van der Waals surface area contributed by atoms with Crippen LogP contribution in [-0.4, -0.2) is 23.1 Å². The monoisotopic (exact) mass is 166 g/mol. The molecule has 66 valence electrons. The fourth-order valence-electron chi connectivity index (χ4n) is 0.814. The lowest BCUT2D eigenvalue weighted by Gasteiger charge is -2.21. The zero-order chi connectivity index (χ0) is 8.16. The molecule has 0 atom stereocenters. The Balaban J connectivity index is 2.49. The standard InChI is InChI=1S/C5H10O6/c6-9-5(10-7)3-1-2-4-8-11-5/h6-7H,1-4H2. The van der Waals surface area contributed by atoms with Crippen molar-refractivity contribution in [3.63, 3.8) is 0 Å². The highest BCUT2D eigenvalue weighted by molar-refractivity contribution is 4.54. The molecule has 2 N–H and O–H groups in total. The Morgan fingerprint density at radius 1 is 1.18 bits per heavy atom. The molecule has 11 heavy (non-hydrogen) atoms. The minimum Gasteiger partial charge on any atom is -0.246 e. The third-order valence-corrected chi connectivity index (χ3v) is 1.42. The van der Waals surface area contributed by atoms with Crippen molar-refractivity contribution in [2.75, 3.05) is 6.61 Å². The highest BCUT2D eigenvalue weighted by Crippen LogP contribution is 2.23. The molecule has 1 saturated heterocycles. The molecule has 1 aliphatic heterocycles. The Bertz CT molecular complexity index is 102. The van der Waals surface area contributed by atoms with Crippen LogP contribution in [0.25, 0.3) is 0 Å². The smallest absolute Gasteiger partial charge is 0.246 e. The first-order valence-corrected chi connectivity index (χ1v) is 3.29. The van der Waals surface area contributed by atoms with E-state index in [-0.39, 0.29) is 6.42 Å². The molecule has 0 radical (unpaired) electrons. The van der Waals surface area contributed by atoms with Crippen LogP contribution in [0.5, 0.6) is 0 Å². The van der Waals surface area contributed by atoms with Crippen molar-refractivity contribution < 1.29 is 30.1 Å². The maximum Gasteiger partial charge on any atom is 0.365 e. The summed E-state index contributed by atoms with van der Waals surface area (Å²) >= 11 is 0. The molecule has 0 aromatic rings. The molecular formula is C5H10O6. The molecule has 0 aliphatic carbocycles. The molecule has 6 nitrogen and oxygen atoms in total. The average Bonchev–Trinajstić information content (AvgIpc) is 2.30. The van der Waals surface area contributed by atoms with Gasteiger partial charge in [0.15, 0.2) is 0 Å². The molecule has 1 aliphatic rings. The van der Waals surface area contributed by atoms with Crippen molar-refractivity contribution in [1.82, 2.24) is 0 Å². The van der Waals surface area contributed by atoms with Crippen LogP contribution in [0.15, 0.2) is 0 Å². The van der Waals surface area contributed by atoms with Crippen LogP contribution in [0.3, 0.4) is 0 Å². The second-order valence-corrected chi connectivity index (χ2v) is 2.23. The maximum absolute atomic E-state index is 8.28. The zero-order valence-corrected chi connectivity index (χ0v) is 5.86. The largest absolute Gasteiger partial charge is 0.365 e. The van der Waals surface area contributed by atoms with E-state index in [4.69, 9.17) is 10.5 Å². The van der Waals surface area contributed by atoms with E-state index < -0.39 is 5.97 Å². The first kappa shape index (κ1) is 8.85. The Kier molecular flexibility index (Phi) is 3.18. The fourth-order valence-corrected chi connectivity index (χ4v) is 0.814. The third-order valence-electron chi connectivity index (χ3n) is 1.42. The van der Waals surface area contributed by atoms with Gasteiger partial charge in [-0.1, -0.05) is 0 Å². The van der Waals surface area contributed by atoms with Gasteiger partial charge in [0, 0.05) is 6.42 Å². The highest BCUT2D eigenvalue weighted by Gasteiger charge is 2.37. The van der Waals surface area contributed by atoms with Crippen LogP contribution in [0.2, 0.25) is 0 Å². The Labute approximate surface area is 63.0 Å². The van der Waals surface area contributed by atoms with Crippen LogP contribution < -0.4 is 0 Å². The lowest BCUT2D eigenvalue weighted by atomic mass is 10.2. The number of rotatable bonds is 2. The van der Waals surface area contributed by atoms with Gasteiger partial charge in [0.2, 0.25) is 0 Å². The Morgan fingerprint density at radius 2 is 1.91 bits per heavy atom. The average molecular weight is 166 g/mol. The van der Waals surface area contributed by atoms with Crippen molar-refractivity contribution in [3.8, 4) is 0 Å². The molecule has 0 amide bonds. The van der Waals surface area contributed by atoms with E-state index >= 15 is 0 Å². The summed E-state index contributed by atoms with van der Waals surface area (Å²) in [6, 6.07) is 0. The summed E-state index contributed by atoms with van der Waals surface area (Å²) in [4.78, 5) is 16.5. The van der Waals surface area contributed by atoms with E-state index in [2.05, 4.69) is 19.6 Å². The van der Waals surface area contributed by atoms with Gasteiger partial charge >= 0.3 is 5.97 Å². The Morgan fingerprint density at radius 3 is 2.55 bits per heavy atom. The van der Waals surface area contributed by atoms with Gasteiger partial charge in [-0.2, -0.15) is 14.7 Å². The van der Waals surface area contributed by atoms with Crippen molar-refractivity contribution in [3.05, 3.63) is 0 Å². The molecule has 1 heterocycles. The van der Waals surface area contributed by atoms with Crippen LogP contribution in [0, 0.1) is 0 Å². The second kappa shape index (κ2) is 3.96. The van der Waals surface area contributed by atoms with Gasteiger partial charge in [-0.15, -0.1) is 0 Å². The summed E-state index contributed by atoms with van der Waals surface area (Å²) in [5, 5.41) is 16.6. The zero-order valence-electron chi connectivity index (χ0n) is 5.86. The molecular weight excluding hydrogens is 156 g/mol.